The molecule has 8 nitrogen and oxygen atoms in total. The van der Waals surface area contributed by atoms with Crippen LogP contribution in [-0.2, 0) is 4.79 Å². The molecule has 1 aliphatic heterocycles. The molecule has 0 N–H and O–H groups in total. The largest absolute Gasteiger partial charge is 0.336 e. The van der Waals surface area contributed by atoms with E-state index in [4.69, 9.17) is 0 Å². The lowest BCUT2D eigenvalue weighted by Crippen LogP contribution is -2.49. The summed E-state index contributed by atoms with van der Waals surface area (Å²) in [5, 5.41) is 11.2. The van der Waals surface area contributed by atoms with Crippen molar-refractivity contribution in [3.63, 3.8) is 0 Å². The van der Waals surface area contributed by atoms with Crippen LogP contribution in [0, 0.1) is 10.1 Å². The molecule has 0 saturated carbocycles. The maximum Gasteiger partial charge on any atom is 0.282 e. The minimum Gasteiger partial charge on any atom is -0.336 e. The number of nitrogens with zero attached hydrogens (tertiary/aromatic N) is 3. The van der Waals surface area contributed by atoms with Gasteiger partial charge in [-0.2, -0.15) is 0 Å². The Morgan fingerprint density at radius 1 is 1.15 bits per heavy atom. The topological polar surface area (TPSA) is 101 Å². The standard InChI is InChI=1S/C18H23N3O5/c1-5-11(3)20(12(4)6-2)15(22)10-19-17(23)13-8-7-9-14(21(25)26)16(13)18(19)24/h7-9,11-12H,5-6,10H2,1-4H3/t11-,12+. The van der Waals surface area contributed by atoms with Crippen molar-refractivity contribution >= 4 is 23.4 Å². The van der Waals surface area contributed by atoms with E-state index in [0.29, 0.717) is 0 Å². The van der Waals surface area contributed by atoms with Gasteiger partial charge in [0.05, 0.1) is 10.5 Å². The highest BCUT2D eigenvalue weighted by Gasteiger charge is 2.42. The molecule has 1 heterocycles. The van der Waals surface area contributed by atoms with E-state index in [1.165, 1.54) is 18.2 Å². The van der Waals surface area contributed by atoms with Crippen LogP contribution in [0.1, 0.15) is 61.3 Å². The summed E-state index contributed by atoms with van der Waals surface area (Å²) in [5.74, 6) is -1.81. The molecule has 8 heteroatoms. The number of carbonyl (C=O) groups excluding carboxylic acids is 3. The predicted molar refractivity (Wildman–Crippen MR) is 94.8 cm³/mol. The molecule has 0 fully saturated rings. The molecule has 140 valence electrons. The highest BCUT2D eigenvalue weighted by atomic mass is 16.6. The second kappa shape index (κ2) is 7.63. The summed E-state index contributed by atoms with van der Waals surface area (Å²) in [6, 6.07) is 3.83. The van der Waals surface area contributed by atoms with Crippen molar-refractivity contribution in [2.24, 2.45) is 0 Å². The first-order valence-corrected chi connectivity index (χ1v) is 8.69. The molecule has 1 aromatic carbocycles. The molecule has 2 rings (SSSR count). The molecule has 0 spiro atoms. The van der Waals surface area contributed by atoms with Crippen LogP contribution in [0.3, 0.4) is 0 Å². The van der Waals surface area contributed by atoms with Crippen molar-refractivity contribution in [1.29, 1.82) is 0 Å². The highest BCUT2D eigenvalue weighted by Crippen LogP contribution is 2.30. The normalized spacial score (nSPS) is 15.6. The van der Waals surface area contributed by atoms with Crippen molar-refractivity contribution in [3.8, 4) is 0 Å². The van der Waals surface area contributed by atoms with Gasteiger partial charge in [-0.15, -0.1) is 0 Å². The average Bonchev–Trinajstić information content (AvgIpc) is 2.86. The molecule has 26 heavy (non-hydrogen) atoms. The van der Waals surface area contributed by atoms with E-state index in [0.717, 1.165) is 17.7 Å². The van der Waals surface area contributed by atoms with Crippen LogP contribution in [0.4, 0.5) is 5.69 Å². The molecule has 0 saturated heterocycles. The van der Waals surface area contributed by atoms with Gasteiger partial charge in [0, 0.05) is 18.2 Å². The van der Waals surface area contributed by atoms with E-state index < -0.39 is 29.0 Å². The second-order valence-electron chi connectivity index (χ2n) is 6.47. The Hall–Kier alpha value is -2.77. The summed E-state index contributed by atoms with van der Waals surface area (Å²) in [4.78, 5) is 50.9. The Morgan fingerprint density at radius 3 is 2.23 bits per heavy atom. The molecule has 0 radical (unpaired) electrons. The number of benzene rings is 1. The Balaban J connectivity index is 2.32. The fourth-order valence-corrected chi connectivity index (χ4v) is 3.15. The van der Waals surface area contributed by atoms with E-state index in [1.807, 2.05) is 27.7 Å². The van der Waals surface area contributed by atoms with Crippen molar-refractivity contribution < 1.29 is 19.3 Å². The van der Waals surface area contributed by atoms with Crippen LogP contribution < -0.4 is 0 Å². The first kappa shape index (κ1) is 19.6. The molecule has 0 aliphatic carbocycles. The molecular weight excluding hydrogens is 338 g/mol. The third-order valence-electron chi connectivity index (χ3n) is 4.89. The van der Waals surface area contributed by atoms with Gasteiger partial charge in [-0.25, -0.2) is 0 Å². The van der Waals surface area contributed by atoms with E-state index >= 15 is 0 Å². The van der Waals surface area contributed by atoms with Gasteiger partial charge in [0.2, 0.25) is 5.91 Å². The molecule has 0 aromatic heterocycles. The van der Waals surface area contributed by atoms with Gasteiger partial charge in [-0.3, -0.25) is 29.4 Å². The fourth-order valence-electron chi connectivity index (χ4n) is 3.15. The predicted octanol–water partition coefficient (Wildman–Crippen LogP) is 2.62. The summed E-state index contributed by atoms with van der Waals surface area (Å²) in [7, 11) is 0. The SMILES string of the molecule is CC[C@@H](C)N(C(=O)CN1C(=O)c2cccc([N+](=O)[O-])c2C1=O)[C@@H](C)CC. The van der Waals surface area contributed by atoms with Gasteiger partial charge in [-0.1, -0.05) is 19.9 Å². The quantitative estimate of drug-likeness (QED) is 0.422. The summed E-state index contributed by atoms with van der Waals surface area (Å²) < 4.78 is 0. The number of carbonyl (C=O) groups is 3. The van der Waals surface area contributed by atoms with Crippen LogP contribution in [0.25, 0.3) is 0 Å². The van der Waals surface area contributed by atoms with Gasteiger partial charge in [-0.05, 0) is 32.8 Å². The lowest BCUT2D eigenvalue weighted by atomic mass is 10.1. The van der Waals surface area contributed by atoms with Gasteiger partial charge in [0.15, 0.2) is 0 Å². The Kier molecular flexibility index (Phi) is 5.74. The number of nitro benzene ring substituents is 1. The van der Waals surface area contributed by atoms with Crippen LogP contribution in [0.5, 0.6) is 0 Å². The number of rotatable bonds is 7. The maximum atomic E-state index is 12.8. The molecule has 3 amide bonds. The van der Waals surface area contributed by atoms with E-state index in [9.17, 15) is 24.5 Å². The van der Waals surface area contributed by atoms with Gasteiger partial charge >= 0.3 is 0 Å². The average molecular weight is 361 g/mol. The molecule has 0 unspecified atom stereocenters. The Morgan fingerprint density at radius 2 is 1.73 bits per heavy atom. The number of imide groups is 1. The summed E-state index contributed by atoms with van der Waals surface area (Å²) in [5.41, 5.74) is -0.693. The first-order chi connectivity index (χ1) is 12.2. The minimum absolute atomic E-state index is 0.0318. The zero-order valence-electron chi connectivity index (χ0n) is 15.4. The molecule has 0 bridgehead atoms. The van der Waals surface area contributed by atoms with Crippen molar-refractivity contribution in [3.05, 3.63) is 39.4 Å². The summed E-state index contributed by atoms with van der Waals surface area (Å²) >= 11 is 0. The van der Waals surface area contributed by atoms with E-state index in [2.05, 4.69) is 0 Å². The number of nitro groups is 1. The third kappa shape index (κ3) is 3.31. The number of amides is 3. The van der Waals surface area contributed by atoms with E-state index in [1.54, 1.807) is 4.90 Å². The monoisotopic (exact) mass is 361 g/mol. The van der Waals surface area contributed by atoms with Crippen molar-refractivity contribution in [2.75, 3.05) is 6.54 Å². The van der Waals surface area contributed by atoms with Crippen LogP contribution in [0.15, 0.2) is 18.2 Å². The van der Waals surface area contributed by atoms with Crippen LogP contribution in [-0.4, -0.2) is 51.1 Å². The fraction of sp³-hybridized carbons (Fsp3) is 0.500. The van der Waals surface area contributed by atoms with Crippen molar-refractivity contribution in [1.82, 2.24) is 9.80 Å². The second-order valence-corrected chi connectivity index (χ2v) is 6.47. The molecule has 1 aromatic rings. The van der Waals surface area contributed by atoms with Gasteiger partial charge in [0.25, 0.3) is 17.5 Å². The van der Waals surface area contributed by atoms with Gasteiger partial charge in [0.1, 0.15) is 12.1 Å². The van der Waals surface area contributed by atoms with Crippen molar-refractivity contribution in [2.45, 2.75) is 52.6 Å². The van der Waals surface area contributed by atoms with E-state index in [-0.39, 0.29) is 29.1 Å². The molecule has 1 aliphatic rings. The lowest BCUT2D eigenvalue weighted by Gasteiger charge is -2.34. The summed E-state index contributed by atoms with van der Waals surface area (Å²) in [6.07, 6.45) is 1.48. The van der Waals surface area contributed by atoms with Crippen LogP contribution >= 0.6 is 0 Å². The third-order valence-corrected chi connectivity index (χ3v) is 4.89. The zero-order chi connectivity index (χ0) is 19.6. The minimum atomic E-state index is -0.793. The highest BCUT2D eigenvalue weighted by molar-refractivity contribution is 6.24. The smallest absolute Gasteiger partial charge is 0.282 e. The number of fused-ring (bicyclic) bond motifs is 1. The first-order valence-electron chi connectivity index (χ1n) is 8.69. The lowest BCUT2D eigenvalue weighted by molar-refractivity contribution is -0.385. The zero-order valence-corrected chi connectivity index (χ0v) is 15.4. The Labute approximate surface area is 151 Å². The Bertz CT molecular complexity index is 751. The van der Waals surface area contributed by atoms with Crippen LogP contribution in [0.2, 0.25) is 0 Å². The van der Waals surface area contributed by atoms with Gasteiger partial charge < -0.3 is 4.90 Å². The molecular formula is C18H23N3O5. The summed E-state index contributed by atoms with van der Waals surface area (Å²) in [6.45, 7) is 7.32. The number of hydrogen-bond donors (Lipinski definition) is 0. The molecule has 2 atom stereocenters. The number of hydrogen-bond acceptors (Lipinski definition) is 5. The maximum absolute atomic E-state index is 12.8.